The van der Waals surface area contributed by atoms with Crippen LogP contribution in [0.25, 0.3) is 0 Å². The number of hydrogen-bond acceptors (Lipinski definition) is 9. The Hall–Kier alpha value is -3.70. The Bertz CT molecular complexity index is 1250. The van der Waals surface area contributed by atoms with E-state index in [1.807, 2.05) is 20.8 Å². The predicted octanol–water partition coefficient (Wildman–Crippen LogP) is 5.26. The van der Waals surface area contributed by atoms with Crippen LogP contribution in [0.1, 0.15) is 33.6 Å². The van der Waals surface area contributed by atoms with Crippen molar-refractivity contribution >= 4 is 23.0 Å². The summed E-state index contributed by atoms with van der Waals surface area (Å²) >= 11 is -1.64. The molecule has 208 valence electrons. The predicted molar refractivity (Wildman–Crippen MR) is 147 cm³/mol. The second kappa shape index (κ2) is 12.4. The van der Waals surface area contributed by atoms with E-state index >= 15 is 0 Å². The molecule has 1 amide bonds. The van der Waals surface area contributed by atoms with Gasteiger partial charge in [-0.25, -0.2) is 4.79 Å². The minimum Gasteiger partial charge on any atom is -0.604 e. The first-order valence-corrected chi connectivity index (χ1v) is 13.8. The number of methoxy groups -OCH3 is 2. The Labute approximate surface area is 231 Å². The molecule has 0 bridgehead atoms. The molecule has 10 nitrogen and oxygen atoms in total. The molecule has 1 aliphatic rings. The van der Waals surface area contributed by atoms with Crippen LogP contribution >= 0.6 is 0 Å². The maximum absolute atomic E-state index is 13.2. The van der Waals surface area contributed by atoms with Gasteiger partial charge in [0.25, 0.3) is 0 Å². The van der Waals surface area contributed by atoms with E-state index in [-0.39, 0.29) is 23.2 Å². The van der Waals surface area contributed by atoms with Crippen molar-refractivity contribution in [1.82, 2.24) is 14.9 Å². The number of likely N-dealkylation sites (tertiary alicyclic amines) is 1. The van der Waals surface area contributed by atoms with Crippen LogP contribution in [0.5, 0.6) is 23.1 Å². The summed E-state index contributed by atoms with van der Waals surface area (Å²) in [5.41, 5.74) is -0.0578. The van der Waals surface area contributed by atoms with Gasteiger partial charge in [-0.3, -0.25) is 0 Å². The number of rotatable bonds is 9. The van der Waals surface area contributed by atoms with Crippen LogP contribution in [-0.4, -0.2) is 64.5 Å². The van der Waals surface area contributed by atoms with Gasteiger partial charge in [0.05, 0.1) is 37.6 Å². The van der Waals surface area contributed by atoms with Crippen LogP contribution in [0.2, 0.25) is 0 Å². The highest BCUT2D eigenvalue weighted by Crippen LogP contribution is 2.31. The lowest BCUT2D eigenvalue weighted by atomic mass is 10.2. The van der Waals surface area contributed by atoms with Crippen molar-refractivity contribution in [3.63, 3.8) is 0 Å². The Balaban J connectivity index is 1.56. The molecule has 3 aromatic rings. The van der Waals surface area contributed by atoms with Crippen molar-refractivity contribution in [2.45, 2.75) is 55.3 Å². The van der Waals surface area contributed by atoms with Gasteiger partial charge in [0, 0.05) is 13.1 Å². The molecular formula is C28H34N4O6S. The minimum absolute atomic E-state index is 0.0678. The Morgan fingerprint density at radius 2 is 1.67 bits per heavy atom. The van der Waals surface area contributed by atoms with E-state index < -0.39 is 16.8 Å². The first-order chi connectivity index (χ1) is 18.7. The van der Waals surface area contributed by atoms with Gasteiger partial charge in [0.2, 0.25) is 5.88 Å². The van der Waals surface area contributed by atoms with Crippen molar-refractivity contribution in [1.29, 1.82) is 0 Å². The molecule has 1 fully saturated rings. The zero-order valence-electron chi connectivity index (χ0n) is 22.8. The Morgan fingerprint density at radius 1 is 1.05 bits per heavy atom. The molecule has 4 rings (SSSR count). The molecule has 0 aliphatic carbocycles. The molecule has 0 radical (unpaired) electrons. The van der Waals surface area contributed by atoms with E-state index in [0.717, 1.165) is 12.8 Å². The Morgan fingerprint density at radius 3 is 2.28 bits per heavy atom. The molecule has 1 aromatic heterocycles. The molecule has 2 aromatic carbocycles. The van der Waals surface area contributed by atoms with Crippen molar-refractivity contribution in [3.05, 3.63) is 54.7 Å². The lowest BCUT2D eigenvalue weighted by molar-refractivity contribution is 0.0235. The number of aromatic nitrogens is 2. The summed E-state index contributed by atoms with van der Waals surface area (Å²) in [6.45, 7) is 6.64. The number of carbonyl (C=O) groups excluding carboxylic acids is 1. The molecule has 1 N–H and O–H groups in total. The van der Waals surface area contributed by atoms with Crippen LogP contribution in [0.4, 0.5) is 10.5 Å². The van der Waals surface area contributed by atoms with Gasteiger partial charge in [-0.05, 0) is 82.1 Å². The summed E-state index contributed by atoms with van der Waals surface area (Å²) in [5, 5.41) is 3.43. The van der Waals surface area contributed by atoms with E-state index in [9.17, 15) is 9.35 Å². The van der Waals surface area contributed by atoms with Crippen LogP contribution in [0.15, 0.2) is 64.8 Å². The molecule has 0 unspecified atom stereocenters. The van der Waals surface area contributed by atoms with Crippen molar-refractivity contribution in [2.24, 2.45) is 0 Å². The van der Waals surface area contributed by atoms with Gasteiger partial charge in [0.15, 0.2) is 4.90 Å². The summed E-state index contributed by atoms with van der Waals surface area (Å²) in [6, 6.07) is 13.9. The monoisotopic (exact) mass is 554 g/mol. The fourth-order valence-electron chi connectivity index (χ4n) is 4.04. The summed E-state index contributed by atoms with van der Waals surface area (Å²) in [6.07, 6.45) is 2.94. The Kier molecular flexibility index (Phi) is 9.03. The van der Waals surface area contributed by atoms with Gasteiger partial charge in [-0.1, -0.05) is 0 Å². The lowest BCUT2D eigenvalue weighted by Gasteiger charge is -2.29. The van der Waals surface area contributed by atoms with Crippen molar-refractivity contribution < 1.29 is 28.3 Å². The molecular weight excluding hydrogens is 520 g/mol. The first-order valence-electron chi connectivity index (χ1n) is 12.6. The quantitative estimate of drug-likeness (QED) is 0.279. The van der Waals surface area contributed by atoms with E-state index in [2.05, 4.69) is 15.3 Å². The number of carbonyl (C=O) groups is 1. The molecule has 11 heteroatoms. The average Bonchev–Trinajstić information content (AvgIpc) is 3.40. The second-order valence-corrected chi connectivity index (χ2v) is 11.3. The van der Waals surface area contributed by atoms with Crippen LogP contribution < -0.4 is 19.5 Å². The zero-order valence-corrected chi connectivity index (χ0v) is 23.6. The van der Waals surface area contributed by atoms with Gasteiger partial charge in [-0.2, -0.15) is 4.98 Å². The number of nitrogens with one attached hydrogen (secondary N) is 1. The van der Waals surface area contributed by atoms with E-state index in [4.69, 9.17) is 18.9 Å². The van der Waals surface area contributed by atoms with Crippen molar-refractivity contribution in [3.8, 4) is 23.1 Å². The number of nitrogens with zero attached hydrogens (tertiary/aromatic N) is 3. The maximum atomic E-state index is 13.2. The summed E-state index contributed by atoms with van der Waals surface area (Å²) < 4.78 is 35.3. The summed E-state index contributed by atoms with van der Waals surface area (Å²) in [7, 11) is 3.16. The van der Waals surface area contributed by atoms with Gasteiger partial charge >= 0.3 is 11.2 Å². The molecule has 39 heavy (non-hydrogen) atoms. The number of hydrogen-bond donors (Lipinski definition) is 1. The van der Waals surface area contributed by atoms with Crippen LogP contribution in [0, 0.1) is 0 Å². The fraction of sp³-hybridized carbons (Fsp3) is 0.393. The molecule has 2 heterocycles. The third-order valence-corrected chi connectivity index (χ3v) is 7.21. The van der Waals surface area contributed by atoms with E-state index in [1.54, 1.807) is 73.8 Å². The third kappa shape index (κ3) is 7.45. The standard InChI is InChI=1S/C28H34N4O6S/c1-28(2,3)38-27(33)32-16-6-7-19(32)17-29-24-18-30-26(39(34)23-14-12-21(36-5)13-15-23)31-25(24)37-22-10-8-20(35-4)9-11-22/h8-15,18-19,29H,6-7,16-17H2,1-5H3/t19-,39+/m0/s1. The number of ether oxygens (including phenoxy) is 4. The highest BCUT2D eigenvalue weighted by atomic mass is 32.2. The molecule has 2 atom stereocenters. The normalized spacial score (nSPS) is 15.9. The smallest absolute Gasteiger partial charge is 0.410 e. The van der Waals surface area contributed by atoms with Crippen molar-refractivity contribution in [2.75, 3.05) is 32.6 Å². The molecule has 1 saturated heterocycles. The van der Waals surface area contributed by atoms with Gasteiger partial charge in [-0.15, -0.1) is 4.98 Å². The molecule has 0 spiro atoms. The van der Waals surface area contributed by atoms with E-state index in [1.165, 1.54) is 0 Å². The van der Waals surface area contributed by atoms with Crippen LogP contribution in [-0.2, 0) is 15.9 Å². The largest absolute Gasteiger partial charge is 0.604 e. The zero-order chi connectivity index (χ0) is 28.0. The SMILES string of the molecule is COc1ccc(Oc2nc([S@+]([O-])c3ccc(OC)cc3)ncc2NC[C@@H]2CCCN2C(=O)OC(C)(C)C)cc1. The lowest BCUT2D eigenvalue weighted by Crippen LogP contribution is -2.42. The summed E-state index contributed by atoms with van der Waals surface area (Å²) in [4.78, 5) is 23.9. The topological polar surface area (TPSA) is 118 Å². The van der Waals surface area contributed by atoms with E-state index in [0.29, 0.717) is 40.9 Å². The van der Waals surface area contributed by atoms with Crippen LogP contribution in [0.3, 0.4) is 0 Å². The first kappa shape index (κ1) is 28.3. The van der Waals surface area contributed by atoms with Gasteiger partial charge in [0.1, 0.15) is 28.5 Å². The maximum Gasteiger partial charge on any atom is 0.410 e. The number of anilines is 1. The second-order valence-electron chi connectivity index (χ2n) is 9.94. The highest BCUT2D eigenvalue weighted by Gasteiger charge is 2.32. The fourth-order valence-corrected chi connectivity index (χ4v) is 4.94. The average molecular weight is 555 g/mol. The highest BCUT2D eigenvalue weighted by molar-refractivity contribution is 7.91. The van der Waals surface area contributed by atoms with Gasteiger partial charge < -0.3 is 33.7 Å². The minimum atomic E-state index is -1.64. The number of amides is 1. The number of benzene rings is 2. The molecule has 0 saturated carbocycles. The summed E-state index contributed by atoms with van der Waals surface area (Å²) in [5.74, 6) is 2.09. The third-order valence-electron chi connectivity index (χ3n) is 5.98. The molecule has 1 aliphatic heterocycles.